The Morgan fingerprint density at radius 1 is 1.19 bits per heavy atom. The molecule has 3 aromatic rings. The Labute approximate surface area is 160 Å². The van der Waals surface area contributed by atoms with Crippen molar-refractivity contribution >= 4 is 51.4 Å². The Kier molecular flexibility index (Phi) is 5.49. The fourth-order valence-electron chi connectivity index (χ4n) is 2.58. The molecule has 134 valence electrons. The Bertz CT molecular complexity index is 976. The standard InChI is InChI=1S/C19H16Cl2N2O3/c1-3-26-19(24)13-10-22-18-12(5-4-6-16(18)25-2)17(13)23-11-7-8-14(20)15(21)9-11/h4-10H,3H2,1-2H3,(H,22,23). The first-order valence-electron chi connectivity index (χ1n) is 7.90. The van der Waals surface area contributed by atoms with E-state index in [1.807, 2.05) is 18.2 Å². The molecule has 0 atom stereocenters. The van der Waals surface area contributed by atoms with Crippen LogP contribution in [0.5, 0.6) is 5.75 Å². The van der Waals surface area contributed by atoms with Gasteiger partial charge in [0.1, 0.15) is 16.8 Å². The number of nitrogens with one attached hydrogen (secondary N) is 1. The van der Waals surface area contributed by atoms with E-state index in [2.05, 4.69) is 10.3 Å². The zero-order chi connectivity index (χ0) is 18.7. The third-order valence-corrected chi connectivity index (χ3v) is 4.50. The van der Waals surface area contributed by atoms with Crippen molar-refractivity contribution in [3.05, 3.63) is 58.2 Å². The molecule has 0 spiro atoms. The highest BCUT2D eigenvalue weighted by Gasteiger charge is 2.18. The van der Waals surface area contributed by atoms with E-state index in [-0.39, 0.29) is 6.61 Å². The monoisotopic (exact) mass is 390 g/mol. The summed E-state index contributed by atoms with van der Waals surface area (Å²) in [5.74, 6) is 0.141. The second kappa shape index (κ2) is 7.81. The number of halogens is 2. The van der Waals surface area contributed by atoms with E-state index in [4.69, 9.17) is 32.7 Å². The minimum Gasteiger partial charge on any atom is -0.494 e. The topological polar surface area (TPSA) is 60.5 Å². The predicted octanol–water partition coefficient (Wildman–Crippen LogP) is 5.47. The van der Waals surface area contributed by atoms with Gasteiger partial charge in [-0.2, -0.15) is 0 Å². The Morgan fingerprint density at radius 2 is 2.00 bits per heavy atom. The molecule has 26 heavy (non-hydrogen) atoms. The van der Waals surface area contributed by atoms with Crippen molar-refractivity contribution in [3.63, 3.8) is 0 Å². The molecule has 0 unspecified atom stereocenters. The average molecular weight is 391 g/mol. The van der Waals surface area contributed by atoms with Crippen molar-refractivity contribution in [1.82, 2.24) is 4.98 Å². The number of fused-ring (bicyclic) bond motifs is 1. The van der Waals surface area contributed by atoms with Crippen LogP contribution in [0.4, 0.5) is 11.4 Å². The number of hydrogen-bond acceptors (Lipinski definition) is 5. The van der Waals surface area contributed by atoms with Crippen LogP contribution >= 0.6 is 23.2 Å². The second-order valence-corrected chi connectivity index (χ2v) is 6.19. The Hall–Kier alpha value is -2.50. The molecule has 0 aliphatic heterocycles. The van der Waals surface area contributed by atoms with Crippen molar-refractivity contribution in [2.75, 3.05) is 19.0 Å². The smallest absolute Gasteiger partial charge is 0.341 e. The highest BCUT2D eigenvalue weighted by atomic mass is 35.5. The van der Waals surface area contributed by atoms with E-state index in [1.165, 1.54) is 6.20 Å². The third-order valence-electron chi connectivity index (χ3n) is 3.76. The Morgan fingerprint density at radius 3 is 2.69 bits per heavy atom. The van der Waals surface area contributed by atoms with Crippen molar-refractivity contribution in [1.29, 1.82) is 0 Å². The fraction of sp³-hybridized carbons (Fsp3) is 0.158. The zero-order valence-electron chi connectivity index (χ0n) is 14.2. The number of para-hydroxylation sites is 1. The summed E-state index contributed by atoms with van der Waals surface area (Å²) in [6.07, 6.45) is 1.47. The van der Waals surface area contributed by atoms with Crippen molar-refractivity contribution in [2.24, 2.45) is 0 Å². The van der Waals surface area contributed by atoms with Crippen molar-refractivity contribution < 1.29 is 14.3 Å². The van der Waals surface area contributed by atoms with Crippen molar-refractivity contribution in [2.45, 2.75) is 6.92 Å². The largest absolute Gasteiger partial charge is 0.494 e. The molecule has 5 nitrogen and oxygen atoms in total. The quantitative estimate of drug-likeness (QED) is 0.585. The number of esters is 1. The first-order chi connectivity index (χ1) is 12.5. The molecule has 1 N–H and O–H groups in total. The summed E-state index contributed by atoms with van der Waals surface area (Å²) in [4.78, 5) is 16.8. The number of anilines is 2. The molecule has 0 aliphatic rings. The molecule has 0 saturated heterocycles. The average Bonchev–Trinajstić information content (AvgIpc) is 2.64. The number of pyridine rings is 1. The number of nitrogens with zero attached hydrogens (tertiary/aromatic N) is 1. The number of benzene rings is 2. The van der Waals surface area contributed by atoms with E-state index in [9.17, 15) is 4.79 Å². The van der Waals surface area contributed by atoms with Gasteiger partial charge in [0.15, 0.2) is 0 Å². The molecular weight excluding hydrogens is 375 g/mol. The SMILES string of the molecule is CCOC(=O)c1cnc2c(OC)cccc2c1Nc1ccc(Cl)c(Cl)c1. The lowest BCUT2D eigenvalue weighted by Crippen LogP contribution is -2.09. The van der Waals surface area contributed by atoms with E-state index in [1.54, 1.807) is 32.2 Å². The second-order valence-electron chi connectivity index (χ2n) is 5.38. The van der Waals surface area contributed by atoms with E-state index < -0.39 is 5.97 Å². The number of hydrogen-bond donors (Lipinski definition) is 1. The number of ether oxygens (including phenoxy) is 2. The molecule has 0 aliphatic carbocycles. The van der Waals surface area contributed by atoms with Crippen LogP contribution in [-0.2, 0) is 4.74 Å². The van der Waals surface area contributed by atoms with Gasteiger partial charge in [-0.15, -0.1) is 0 Å². The maximum atomic E-state index is 12.4. The lowest BCUT2D eigenvalue weighted by atomic mass is 10.1. The highest BCUT2D eigenvalue weighted by Crippen LogP contribution is 2.35. The zero-order valence-corrected chi connectivity index (χ0v) is 15.7. The molecule has 0 amide bonds. The first kappa shape index (κ1) is 18.3. The maximum absolute atomic E-state index is 12.4. The highest BCUT2D eigenvalue weighted by molar-refractivity contribution is 6.42. The van der Waals surface area contributed by atoms with Crippen LogP contribution in [0.1, 0.15) is 17.3 Å². The molecule has 3 rings (SSSR count). The lowest BCUT2D eigenvalue weighted by Gasteiger charge is -2.15. The molecule has 1 heterocycles. The molecule has 0 bridgehead atoms. The van der Waals surface area contributed by atoms with Gasteiger partial charge in [0.05, 0.1) is 29.4 Å². The minimum absolute atomic E-state index is 0.265. The van der Waals surface area contributed by atoms with Crippen LogP contribution in [-0.4, -0.2) is 24.7 Å². The van der Waals surface area contributed by atoms with Gasteiger partial charge >= 0.3 is 5.97 Å². The minimum atomic E-state index is -0.465. The van der Waals surface area contributed by atoms with Gasteiger partial charge in [-0.25, -0.2) is 4.79 Å². The number of carbonyl (C=O) groups is 1. The normalized spacial score (nSPS) is 10.6. The molecule has 7 heteroatoms. The fourth-order valence-corrected chi connectivity index (χ4v) is 2.88. The summed E-state index contributed by atoms with van der Waals surface area (Å²) in [5, 5.41) is 4.81. The summed E-state index contributed by atoms with van der Waals surface area (Å²) in [5.41, 5.74) is 2.19. The molecular formula is C19H16Cl2N2O3. The summed E-state index contributed by atoms with van der Waals surface area (Å²) >= 11 is 12.1. The summed E-state index contributed by atoms with van der Waals surface area (Å²) < 4.78 is 10.5. The lowest BCUT2D eigenvalue weighted by molar-refractivity contribution is 0.0527. The van der Waals surface area contributed by atoms with Gasteiger partial charge < -0.3 is 14.8 Å². The maximum Gasteiger partial charge on any atom is 0.341 e. The van der Waals surface area contributed by atoms with Gasteiger partial charge in [0, 0.05) is 17.3 Å². The van der Waals surface area contributed by atoms with Crippen LogP contribution in [0.2, 0.25) is 10.0 Å². The van der Waals surface area contributed by atoms with Gasteiger partial charge in [-0.3, -0.25) is 4.98 Å². The van der Waals surface area contributed by atoms with Gasteiger partial charge in [0.2, 0.25) is 0 Å². The van der Waals surface area contributed by atoms with Gasteiger partial charge in [-0.05, 0) is 31.2 Å². The molecule has 0 fully saturated rings. The molecule has 0 radical (unpaired) electrons. The van der Waals surface area contributed by atoms with Crippen LogP contribution < -0.4 is 10.1 Å². The van der Waals surface area contributed by atoms with E-state index in [0.29, 0.717) is 38.2 Å². The third kappa shape index (κ3) is 3.54. The van der Waals surface area contributed by atoms with Gasteiger partial charge in [-0.1, -0.05) is 35.3 Å². The number of aromatic nitrogens is 1. The summed E-state index contributed by atoms with van der Waals surface area (Å²) in [6.45, 7) is 2.02. The van der Waals surface area contributed by atoms with Crippen LogP contribution in [0, 0.1) is 0 Å². The van der Waals surface area contributed by atoms with E-state index >= 15 is 0 Å². The predicted molar refractivity (Wildman–Crippen MR) is 104 cm³/mol. The number of methoxy groups -OCH3 is 1. The number of rotatable bonds is 5. The molecule has 2 aromatic carbocycles. The molecule has 0 saturated carbocycles. The van der Waals surface area contributed by atoms with Crippen LogP contribution in [0.25, 0.3) is 10.9 Å². The summed E-state index contributed by atoms with van der Waals surface area (Å²) in [6, 6.07) is 10.6. The van der Waals surface area contributed by atoms with Crippen LogP contribution in [0.3, 0.4) is 0 Å². The van der Waals surface area contributed by atoms with E-state index in [0.717, 1.165) is 5.39 Å². The molecule has 1 aromatic heterocycles. The summed E-state index contributed by atoms with van der Waals surface area (Å²) in [7, 11) is 1.57. The van der Waals surface area contributed by atoms with Gasteiger partial charge in [0.25, 0.3) is 0 Å². The van der Waals surface area contributed by atoms with Crippen molar-refractivity contribution in [3.8, 4) is 5.75 Å². The number of carbonyl (C=O) groups excluding carboxylic acids is 1. The first-order valence-corrected chi connectivity index (χ1v) is 8.65. The Balaban J connectivity index is 2.19. The van der Waals surface area contributed by atoms with Crippen LogP contribution in [0.15, 0.2) is 42.6 Å².